The number of anilines is 1. The maximum absolute atomic E-state index is 12.4. The predicted molar refractivity (Wildman–Crippen MR) is 62.9 cm³/mol. The molecule has 0 atom stereocenters. The molecule has 0 spiro atoms. The lowest BCUT2D eigenvalue weighted by Crippen LogP contribution is -2.48. The van der Waals surface area contributed by atoms with Gasteiger partial charge in [-0.05, 0) is 17.7 Å². The summed E-state index contributed by atoms with van der Waals surface area (Å²) in [5, 5.41) is 0. The Morgan fingerprint density at radius 3 is 2.14 bits per heavy atom. The van der Waals surface area contributed by atoms with E-state index in [1.165, 1.54) is 24.3 Å². The molecule has 3 nitrogen and oxygen atoms in total. The average molecular weight is 314 g/mol. The van der Waals surface area contributed by atoms with Gasteiger partial charge in [0.2, 0.25) is 11.8 Å². The molecule has 1 aromatic carbocycles. The fourth-order valence-electron chi connectivity index (χ4n) is 1.73. The van der Waals surface area contributed by atoms with Gasteiger partial charge in [-0.15, -0.1) is 0 Å². The van der Waals surface area contributed by atoms with Crippen LogP contribution < -0.4 is 5.73 Å². The molecule has 21 heavy (non-hydrogen) atoms. The van der Waals surface area contributed by atoms with E-state index in [4.69, 9.17) is 5.73 Å². The second-order valence-corrected chi connectivity index (χ2v) is 4.46. The summed E-state index contributed by atoms with van der Waals surface area (Å²) in [7, 11) is 0.871. The van der Waals surface area contributed by atoms with Gasteiger partial charge in [-0.2, -0.15) is 26.3 Å². The van der Waals surface area contributed by atoms with Crippen LogP contribution in [0.2, 0.25) is 0 Å². The summed E-state index contributed by atoms with van der Waals surface area (Å²) in [5.41, 5.74) is 6.06. The summed E-state index contributed by atoms with van der Waals surface area (Å²) in [5.74, 6) is -6.09. The number of hydrogen-bond acceptors (Lipinski definition) is 2. The Labute approximate surface area is 116 Å². The number of hydrogen-bond donors (Lipinski definition) is 1. The number of amides is 1. The van der Waals surface area contributed by atoms with Crippen LogP contribution in [-0.2, 0) is 11.3 Å². The third-order valence-electron chi connectivity index (χ3n) is 2.65. The Hall–Kier alpha value is -1.93. The van der Waals surface area contributed by atoms with Crippen molar-refractivity contribution in [3.05, 3.63) is 29.8 Å². The van der Waals surface area contributed by atoms with Crippen LogP contribution in [0.4, 0.5) is 32.0 Å². The lowest BCUT2D eigenvalue weighted by atomic mass is 10.1. The summed E-state index contributed by atoms with van der Waals surface area (Å²) in [6.07, 6.45) is -11.4. The van der Waals surface area contributed by atoms with Gasteiger partial charge in [-0.25, -0.2) is 0 Å². The van der Waals surface area contributed by atoms with Crippen LogP contribution in [0.1, 0.15) is 5.56 Å². The Bertz CT molecular complexity index is 497. The zero-order valence-corrected chi connectivity index (χ0v) is 10.8. The minimum atomic E-state index is -5.70. The van der Waals surface area contributed by atoms with Crippen molar-refractivity contribution in [3.63, 3.8) is 0 Å². The van der Waals surface area contributed by atoms with Gasteiger partial charge in [0.1, 0.15) is 0 Å². The van der Waals surface area contributed by atoms with Crippen molar-refractivity contribution in [1.29, 1.82) is 0 Å². The molecule has 0 aliphatic rings. The number of rotatable bonds is 3. The molecule has 1 aromatic rings. The molecule has 9 heteroatoms. The molecule has 0 bridgehead atoms. The predicted octanol–water partition coefficient (Wildman–Crippen LogP) is 2.97. The van der Waals surface area contributed by atoms with Crippen molar-refractivity contribution in [2.24, 2.45) is 5.92 Å². The zero-order valence-electron chi connectivity index (χ0n) is 10.8. The topological polar surface area (TPSA) is 46.3 Å². The first kappa shape index (κ1) is 17.1. The van der Waals surface area contributed by atoms with Crippen LogP contribution in [0.3, 0.4) is 0 Å². The molecule has 0 heterocycles. The van der Waals surface area contributed by atoms with Gasteiger partial charge in [0.25, 0.3) is 0 Å². The lowest BCUT2D eigenvalue weighted by Gasteiger charge is -2.27. The monoisotopic (exact) mass is 314 g/mol. The normalized spacial score (nSPS) is 12.6. The highest BCUT2D eigenvalue weighted by Gasteiger charge is 2.61. The summed E-state index contributed by atoms with van der Waals surface area (Å²) >= 11 is 0. The quantitative estimate of drug-likeness (QED) is 0.689. The molecule has 0 radical (unpaired) electrons. The molecule has 2 N–H and O–H groups in total. The second kappa shape index (κ2) is 5.82. The van der Waals surface area contributed by atoms with E-state index >= 15 is 0 Å². The van der Waals surface area contributed by atoms with Crippen LogP contribution in [0.5, 0.6) is 0 Å². The molecule has 0 aliphatic heterocycles. The van der Waals surface area contributed by atoms with Crippen molar-refractivity contribution in [1.82, 2.24) is 4.90 Å². The molecular weight excluding hydrogens is 302 g/mol. The smallest absolute Gasteiger partial charge is 0.399 e. The van der Waals surface area contributed by atoms with Gasteiger partial charge in [0.15, 0.2) is 0 Å². The van der Waals surface area contributed by atoms with Crippen molar-refractivity contribution >= 4 is 11.6 Å². The maximum Gasteiger partial charge on any atom is 0.409 e. The second-order valence-electron chi connectivity index (χ2n) is 4.46. The number of nitrogen functional groups attached to an aromatic ring is 1. The first-order chi connectivity index (χ1) is 9.43. The summed E-state index contributed by atoms with van der Waals surface area (Å²) in [6.45, 7) is -0.410. The Morgan fingerprint density at radius 1 is 1.19 bits per heavy atom. The van der Waals surface area contributed by atoms with E-state index in [2.05, 4.69) is 0 Å². The van der Waals surface area contributed by atoms with Gasteiger partial charge >= 0.3 is 12.4 Å². The van der Waals surface area contributed by atoms with Crippen LogP contribution in [-0.4, -0.2) is 30.2 Å². The molecule has 0 unspecified atom stereocenters. The molecule has 1 amide bonds. The average Bonchev–Trinajstić information content (AvgIpc) is 2.24. The Balaban J connectivity index is 2.94. The number of benzene rings is 1. The van der Waals surface area contributed by atoms with E-state index in [0.717, 1.165) is 7.05 Å². The minimum Gasteiger partial charge on any atom is -0.399 e. The maximum atomic E-state index is 12.4. The number of nitrogens with two attached hydrogens (primary N) is 1. The van der Waals surface area contributed by atoms with Gasteiger partial charge in [-0.3, -0.25) is 4.79 Å². The zero-order chi connectivity index (χ0) is 16.4. The molecule has 0 saturated carbocycles. The standard InChI is InChI=1S/C12H12F6N2O/c1-20(6-7-3-2-4-8(19)5-7)10(21)9(11(13,14)15)12(16,17)18/h2-5,9H,6,19H2,1H3. The summed E-state index contributed by atoms with van der Waals surface area (Å²) < 4.78 is 74.7. The highest BCUT2D eigenvalue weighted by atomic mass is 19.4. The SMILES string of the molecule is CN(Cc1cccc(N)c1)C(=O)C(C(F)(F)F)C(F)(F)F. The van der Waals surface area contributed by atoms with E-state index in [-0.39, 0.29) is 5.69 Å². The van der Waals surface area contributed by atoms with Gasteiger partial charge < -0.3 is 10.6 Å². The third kappa shape index (κ3) is 4.54. The minimum absolute atomic E-state index is 0.288. The fourth-order valence-corrected chi connectivity index (χ4v) is 1.73. The van der Waals surface area contributed by atoms with E-state index in [1.54, 1.807) is 0 Å². The number of nitrogens with zero attached hydrogens (tertiary/aromatic N) is 1. The van der Waals surface area contributed by atoms with Gasteiger partial charge in [0, 0.05) is 19.3 Å². The molecule has 0 aromatic heterocycles. The number of carbonyl (C=O) groups excluding carboxylic acids is 1. The number of alkyl halides is 6. The van der Waals surface area contributed by atoms with Crippen molar-refractivity contribution < 1.29 is 31.1 Å². The Morgan fingerprint density at radius 2 is 1.71 bits per heavy atom. The van der Waals surface area contributed by atoms with E-state index < -0.39 is 30.7 Å². The van der Waals surface area contributed by atoms with Crippen molar-refractivity contribution in [2.75, 3.05) is 12.8 Å². The van der Waals surface area contributed by atoms with E-state index in [0.29, 0.717) is 10.5 Å². The highest BCUT2D eigenvalue weighted by Crippen LogP contribution is 2.40. The fraction of sp³-hybridized carbons (Fsp3) is 0.417. The third-order valence-corrected chi connectivity index (χ3v) is 2.65. The number of halogens is 6. The Kier molecular flexibility index (Phi) is 4.75. The van der Waals surface area contributed by atoms with Crippen LogP contribution in [0.25, 0.3) is 0 Å². The highest BCUT2D eigenvalue weighted by molar-refractivity contribution is 5.80. The molecule has 1 rings (SSSR count). The molecule has 118 valence electrons. The summed E-state index contributed by atoms with van der Waals surface area (Å²) in [4.78, 5) is 11.9. The van der Waals surface area contributed by atoms with E-state index in [9.17, 15) is 31.1 Å². The largest absolute Gasteiger partial charge is 0.409 e. The molecule has 0 aliphatic carbocycles. The van der Waals surface area contributed by atoms with Crippen molar-refractivity contribution in [3.8, 4) is 0 Å². The van der Waals surface area contributed by atoms with Crippen LogP contribution in [0, 0.1) is 5.92 Å². The van der Waals surface area contributed by atoms with Gasteiger partial charge in [-0.1, -0.05) is 12.1 Å². The lowest BCUT2D eigenvalue weighted by molar-refractivity contribution is -0.277. The summed E-state index contributed by atoms with van der Waals surface area (Å²) in [6, 6.07) is 5.78. The molecule has 0 saturated heterocycles. The van der Waals surface area contributed by atoms with Gasteiger partial charge in [0.05, 0.1) is 0 Å². The number of carbonyl (C=O) groups is 1. The first-order valence-corrected chi connectivity index (χ1v) is 5.65. The molecule has 0 fully saturated rings. The first-order valence-electron chi connectivity index (χ1n) is 5.65. The van der Waals surface area contributed by atoms with Crippen LogP contribution in [0.15, 0.2) is 24.3 Å². The molecular formula is C12H12F6N2O. The van der Waals surface area contributed by atoms with E-state index in [1.807, 2.05) is 0 Å². The van der Waals surface area contributed by atoms with Crippen LogP contribution >= 0.6 is 0 Å². The van der Waals surface area contributed by atoms with Crippen molar-refractivity contribution in [2.45, 2.75) is 18.9 Å².